The Morgan fingerprint density at radius 3 is 1.07 bits per heavy atom. The number of aliphatic hydroxyl groups excluding tert-OH is 2. The summed E-state index contributed by atoms with van der Waals surface area (Å²) in [5.41, 5.74) is 0. The average molecular weight is 783 g/mol. The lowest BCUT2D eigenvalue weighted by atomic mass is 10.1. The van der Waals surface area contributed by atoms with Gasteiger partial charge >= 0.3 is 0 Å². The van der Waals surface area contributed by atoms with Crippen LogP contribution < -0.4 is 0 Å². The molecule has 0 aliphatic heterocycles. The highest BCUT2D eigenvalue weighted by atomic mass is 16.7. The highest BCUT2D eigenvalue weighted by molar-refractivity contribution is 4.82. The van der Waals surface area contributed by atoms with Crippen molar-refractivity contribution >= 4 is 0 Å². The smallest absolute Gasteiger partial charge is 0.183 e. The minimum absolute atomic E-state index is 0.201. The van der Waals surface area contributed by atoms with Crippen molar-refractivity contribution in [2.45, 2.75) is 258 Å². The van der Waals surface area contributed by atoms with Crippen molar-refractivity contribution in [2.24, 2.45) is 0 Å². The molecule has 6 unspecified atom stereocenters. The molecule has 0 heterocycles. The summed E-state index contributed by atoms with van der Waals surface area (Å²) in [6.45, 7) is 13.6. The number of hydrogen-bond donors (Lipinski definition) is 2. The fourth-order valence-corrected chi connectivity index (χ4v) is 6.56. The zero-order valence-electron chi connectivity index (χ0n) is 37.3. The second-order valence-corrected chi connectivity index (χ2v) is 16.3. The molecule has 0 saturated carbocycles. The predicted molar refractivity (Wildman–Crippen MR) is 234 cm³/mol. The fraction of sp³-hybridized carbons (Fsp3) is 0.917. The molecule has 0 aliphatic carbocycles. The summed E-state index contributed by atoms with van der Waals surface area (Å²) in [5.74, 6) is 0. The lowest BCUT2D eigenvalue weighted by molar-refractivity contribution is -0.225. The summed E-state index contributed by atoms with van der Waals surface area (Å²) in [6.07, 6.45) is 41.9. The van der Waals surface area contributed by atoms with Crippen molar-refractivity contribution in [3.8, 4) is 0 Å². The van der Waals surface area contributed by atoms with Gasteiger partial charge in [-0.1, -0.05) is 154 Å². The van der Waals surface area contributed by atoms with Crippen LogP contribution in [0.1, 0.15) is 221 Å². The minimum Gasteiger partial charge on any atom is -0.388 e. The van der Waals surface area contributed by atoms with Crippen LogP contribution in [0.2, 0.25) is 0 Å². The molecule has 0 rings (SSSR count). The first-order valence-electron chi connectivity index (χ1n) is 23.6. The van der Waals surface area contributed by atoms with E-state index in [0.29, 0.717) is 26.4 Å². The number of hydrogen-bond acceptors (Lipinski definition) is 7. The second kappa shape index (κ2) is 42.8. The Kier molecular flexibility index (Phi) is 42.2. The molecule has 0 aromatic rings. The maximum atomic E-state index is 10.2. The van der Waals surface area contributed by atoms with Crippen molar-refractivity contribution in [1.82, 2.24) is 0 Å². The molecule has 7 nitrogen and oxygen atoms in total. The van der Waals surface area contributed by atoms with E-state index in [0.717, 1.165) is 25.7 Å². The summed E-state index contributed by atoms with van der Waals surface area (Å²) in [6, 6.07) is 0. The molecule has 0 spiro atoms. The Balaban J connectivity index is 3.88. The van der Waals surface area contributed by atoms with E-state index >= 15 is 0 Å². The van der Waals surface area contributed by atoms with E-state index in [4.69, 9.17) is 23.7 Å². The van der Waals surface area contributed by atoms with Gasteiger partial charge in [-0.2, -0.15) is 0 Å². The van der Waals surface area contributed by atoms with E-state index in [1.807, 2.05) is 13.8 Å². The van der Waals surface area contributed by atoms with Gasteiger partial charge in [0.15, 0.2) is 12.6 Å². The molecule has 0 amide bonds. The van der Waals surface area contributed by atoms with Crippen molar-refractivity contribution in [2.75, 3.05) is 26.4 Å². The first-order chi connectivity index (χ1) is 26.8. The third kappa shape index (κ3) is 39.8. The Hall–Kier alpha value is -0.800. The van der Waals surface area contributed by atoms with Crippen LogP contribution in [0.4, 0.5) is 0 Å². The van der Waals surface area contributed by atoms with Crippen LogP contribution in [-0.2, 0) is 23.7 Å². The summed E-state index contributed by atoms with van der Waals surface area (Å²) in [7, 11) is 0. The van der Waals surface area contributed by atoms with Crippen LogP contribution in [0, 0.1) is 0 Å². The molecule has 0 radical (unpaired) electrons. The van der Waals surface area contributed by atoms with Crippen molar-refractivity contribution in [3.05, 3.63) is 24.3 Å². The normalized spacial score (nSPS) is 15.6. The van der Waals surface area contributed by atoms with Crippen LogP contribution >= 0.6 is 0 Å². The molecule has 7 heteroatoms. The number of rotatable bonds is 44. The summed E-state index contributed by atoms with van der Waals surface area (Å²) in [5, 5.41) is 20.4. The zero-order valence-corrected chi connectivity index (χ0v) is 37.3. The van der Waals surface area contributed by atoms with Gasteiger partial charge in [0.2, 0.25) is 0 Å². The van der Waals surface area contributed by atoms with Gasteiger partial charge in [0.05, 0.1) is 25.4 Å². The molecular formula is C48H94O7. The van der Waals surface area contributed by atoms with Crippen LogP contribution in [-0.4, -0.2) is 73.6 Å². The zero-order chi connectivity index (χ0) is 40.5. The highest BCUT2D eigenvalue weighted by Gasteiger charge is 2.21. The standard InChI is InChI=1S/C48H94O7/c1-7-9-11-13-15-17-19-21-23-25-27-29-31-33-35-37-39-51-47(45(5)49)54-41-43(3)53-42-44(4)55-48(46(6)50)52-40-38-36-34-32-30-28-26-24-22-20-18-16-14-12-10-8-2/h21-24,43-50H,7-20,25-42H2,1-6H3/b23-21-,24-22-. The number of unbranched alkanes of at least 4 members (excludes halogenated alkanes) is 24. The maximum Gasteiger partial charge on any atom is 0.183 e. The largest absolute Gasteiger partial charge is 0.388 e. The highest BCUT2D eigenvalue weighted by Crippen LogP contribution is 2.14. The van der Waals surface area contributed by atoms with Gasteiger partial charge in [0, 0.05) is 13.2 Å². The van der Waals surface area contributed by atoms with Gasteiger partial charge in [-0.05, 0) is 91.9 Å². The average Bonchev–Trinajstić information content (AvgIpc) is 3.16. The molecule has 55 heavy (non-hydrogen) atoms. The van der Waals surface area contributed by atoms with Gasteiger partial charge < -0.3 is 33.9 Å². The van der Waals surface area contributed by atoms with Gasteiger partial charge in [-0.3, -0.25) is 0 Å². The first kappa shape index (κ1) is 54.2. The van der Waals surface area contributed by atoms with Crippen LogP contribution in [0.15, 0.2) is 24.3 Å². The molecule has 6 atom stereocenters. The quantitative estimate of drug-likeness (QED) is 0.0361. The Morgan fingerprint density at radius 2 is 0.691 bits per heavy atom. The Bertz CT molecular complexity index is 801. The lowest BCUT2D eigenvalue weighted by Crippen LogP contribution is -2.36. The molecule has 0 aromatic heterocycles. The molecule has 2 N–H and O–H groups in total. The SMILES string of the molecule is CCCCCCCC/C=C\CCCCCCCCOC(OCC(C)OCC(C)OC(OCCCCCCCC/C=C\CCCCCCCC)C(C)O)C(C)O. The Labute approximate surface area is 342 Å². The lowest BCUT2D eigenvalue weighted by Gasteiger charge is -2.26. The van der Waals surface area contributed by atoms with E-state index in [1.54, 1.807) is 13.8 Å². The molecule has 328 valence electrons. The summed E-state index contributed by atoms with van der Waals surface area (Å²) >= 11 is 0. The van der Waals surface area contributed by atoms with E-state index in [-0.39, 0.29) is 12.2 Å². The topological polar surface area (TPSA) is 86.6 Å². The van der Waals surface area contributed by atoms with Crippen LogP contribution in [0.25, 0.3) is 0 Å². The number of aliphatic hydroxyl groups is 2. The van der Waals surface area contributed by atoms with E-state index in [1.165, 1.54) is 154 Å². The van der Waals surface area contributed by atoms with Gasteiger partial charge in [-0.15, -0.1) is 0 Å². The van der Waals surface area contributed by atoms with Crippen molar-refractivity contribution < 1.29 is 33.9 Å². The fourth-order valence-electron chi connectivity index (χ4n) is 6.56. The van der Waals surface area contributed by atoms with Gasteiger partial charge in [0.1, 0.15) is 12.2 Å². The van der Waals surface area contributed by atoms with Gasteiger partial charge in [-0.25, -0.2) is 0 Å². The van der Waals surface area contributed by atoms with Crippen molar-refractivity contribution in [3.63, 3.8) is 0 Å². The van der Waals surface area contributed by atoms with Crippen LogP contribution in [0.3, 0.4) is 0 Å². The molecule has 0 aliphatic rings. The van der Waals surface area contributed by atoms with Gasteiger partial charge in [0.25, 0.3) is 0 Å². The minimum atomic E-state index is -0.729. The second-order valence-electron chi connectivity index (χ2n) is 16.3. The van der Waals surface area contributed by atoms with Crippen molar-refractivity contribution in [1.29, 1.82) is 0 Å². The summed E-state index contributed by atoms with van der Waals surface area (Å²) < 4.78 is 29.6. The number of ether oxygens (including phenoxy) is 5. The predicted octanol–water partition coefficient (Wildman–Crippen LogP) is 13.3. The summed E-state index contributed by atoms with van der Waals surface area (Å²) in [4.78, 5) is 0. The first-order valence-corrected chi connectivity index (χ1v) is 23.6. The van der Waals surface area contributed by atoms with E-state index < -0.39 is 24.8 Å². The third-order valence-corrected chi connectivity index (χ3v) is 10.1. The third-order valence-electron chi connectivity index (χ3n) is 10.1. The maximum absolute atomic E-state index is 10.2. The molecule has 0 bridgehead atoms. The van der Waals surface area contributed by atoms with E-state index in [9.17, 15) is 10.2 Å². The van der Waals surface area contributed by atoms with Crippen LogP contribution in [0.5, 0.6) is 0 Å². The molecule has 0 fully saturated rings. The monoisotopic (exact) mass is 783 g/mol. The molecular weight excluding hydrogens is 689 g/mol. The molecule has 0 aromatic carbocycles. The Morgan fingerprint density at radius 1 is 0.364 bits per heavy atom. The number of allylic oxidation sites excluding steroid dienone is 4. The van der Waals surface area contributed by atoms with E-state index in [2.05, 4.69) is 38.2 Å². The molecule has 0 saturated heterocycles.